The summed E-state index contributed by atoms with van der Waals surface area (Å²) in [5.41, 5.74) is 2.82. The molecular weight excluding hydrogens is 282 g/mol. The zero-order valence-electron chi connectivity index (χ0n) is 13.3. The first-order valence-corrected chi connectivity index (χ1v) is 7.38. The normalized spacial score (nSPS) is 13.8. The predicted octanol–water partition coefficient (Wildman–Crippen LogP) is 3.28. The van der Waals surface area contributed by atoms with Gasteiger partial charge in [0.25, 0.3) is 5.91 Å². The lowest BCUT2D eigenvalue weighted by Crippen LogP contribution is -2.44. The maximum Gasteiger partial charge on any atom is 0.326 e. The first kappa shape index (κ1) is 16.1. The summed E-state index contributed by atoms with van der Waals surface area (Å²) in [5, 5.41) is 12.6. The minimum Gasteiger partial charge on any atom is -0.480 e. The molecule has 0 aliphatic heterocycles. The Hall–Kier alpha value is -2.30. The number of carbonyl (C=O) groups is 2. The number of rotatable bonds is 5. The molecule has 2 N–H and O–H groups in total. The van der Waals surface area contributed by atoms with E-state index >= 15 is 0 Å². The molecule has 22 heavy (non-hydrogen) atoms. The summed E-state index contributed by atoms with van der Waals surface area (Å²) in [5.74, 6) is -1.56. The fourth-order valence-corrected chi connectivity index (χ4v) is 2.31. The Morgan fingerprint density at radius 2 is 1.86 bits per heavy atom. The highest BCUT2D eigenvalue weighted by atomic mass is 16.4. The number of aliphatic carboxylic acids is 1. The Morgan fingerprint density at radius 1 is 1.23 bits per heavy atom. The molecule has 2 atom stereocenters. The molecule has 2 rings (SSSR count). The SMILES string of the molecule is CC[C@H](C)[C@H](NC(=O)c1cc2cc(C)c(C)cc2o1)C(=O)O. The molecular formula is C17H21NO4. The van der Waals surface area contributed by atoms with Gasteiger partial charge in [-0.3, -0.25) is 4.79 Å². The van der Waals surface area contributed by atoms with E-state index in [1.165, 1.54) is 0 Å². The number of amides is 1. The van der Waals surface area contributed by atoms with Crippen molar-refractivity contribution in [3.05, 3.63) is 35.1 Å². The first-order valence-electron chi connectivity index (χ1n) is 7.38. The molecule has 1 aromatic carbocycles. The van der Waals surface area contributed by atoms with E-state index in [1.54, 1.807) is 13.0 Å². The summed E-state index contributed by atoms with van der Waals surface area (Å²) >= 11 is 0. The monoisotopic (exact) mass is 303 g/mol. The average Bonchev–Trinajstić information content (AvgIpc) is 2.86. The number of carboxylic acids is 1. The van der Waals surface area contributed by atoms with Crippen molar-refractivity contribution in [3.63, 3.8) is 0 Å². The predicted molar refractivity (Wildman–Crippen MR) is 84.0 cm³/mol. The average molecular weight is 303 g/mol. The van der Waals surface area contributed by atoms with Crippen molar-refractivity contribution < 1.29 is 19.1 Å². The molecule has 0 bridgehead atoms. The van der Waals surface area contributed by atoms with E-state index in [1.807, 2.05) is 32.9 Å². The highest BCUT2D eigenvalue weighted by molar-refractivity contribution is 5.98. The topological polar surface area (TPSA) is 79.5 Å². The van der Waals surface area contributed by atoms with Crippen LogP contribution in [0.15, 0.2) is 22.6 Å². The maximum atomic E-state index is 12.3. The summed E-state index contributed by atoms with van der Waals surface area (Å²) in [7, 11) is 0. The second kappa shape index (κ2) is 6.22. The highest BCUT2D eigenvalue weighted by Gasteiger charge is 2.27. The van der Waals surface area contributed by atoms with Gasteiger partial charge >= 0.3 is 5.97 Å². The molecule has 2 aromatic rings. The van der Waals surface area contributed by atoms with Crippen LogP contribution in [0.1, 0.15) is 41.9 Å². The molecule has 0 spiro atoms. The molecule has 5 heteroatoms. The Bertz CT molecular complexity index is 678. The molecule has 0 saturated heterocycles. The van der Waals surface area contributed by atoms with Gasteiger partial charge in [0.05, 0.1) is 0 Å². The summed E-state index contributed by atoms with van der Waals surface area (Å²) in [4.78, 5) is 23.5. The van der Waals surface area contributed by atoms with Crippen molar-refractivity contribution in [3.8, 4) is 0 Å². The van der Waals surface area contributed by atoms with Crippen LogP contribution in [-0.2, 0) is 4.79 Å². The molecule has 0 unspecified atom stereocenters. The van der Waals surface area contributed by atoms with E-state index in [0.717, 1.165) is 16.5 Å². The van der Waals surface area contributed by atoms with Crippen LogP contribution in [0.3, 0.4) is 0 Å². The number of carbonyl (C=O) groups excluding carboxylic acids is 1. The van der Waals surface area contributed by atoms with Crippen LogP contribution in [0.4, 0.5) is 0 Å². The van der Waals surface area contributed by atoms with Crippen molar-refractivity contribution in [2.75, 3.05) is 0 Å². The van der Waals surface area contributed by atoms with Gasteiger partial charge in [0, 0.05) is 5.39 Å². The molecule has 1 amide bonds. The van der Waals surface area contributed by atoms with Crippen LogP contribution >= 0.6 is 0 Å². The van der Waals surface area contributed by atoms with Gasteiger partial charge < -0.3 is 14.8 Å². The lowest BCUT2D eigenvalue weighted by molar-refractivity contribution is -0.140. The third-order valence-corrected chi connectivity index (χ3v) is 4.12. The van der Waals surface area contributed by atoms with Gasteiger partial charge in [-0.15, -0.1) is 0 Å². The summed E-state index contributed by atoms with van der Waals surface area (Å²) < 4.78 is 5.55. The van der Waals surface area contributed by atoms with E-state index in [-0.39, 0.29) is 11.7 Å². The number of fused-ring (bicyclic) bond motifs is 1. The molecule has 5 nitrogen and oxygen atoms in total. The fourth-order valence-electron chi connectivity index (χ4n) is 2.31. The van der Waals surface area contributed by atoms with Crippen LogP contribution < -0.4 is 5.32 Å². The molecule has 0 fully saturated rings. The molecule has 0 saturated carbocycles. The number of carboxylic acid groups (broad SMARTS) is 1. The Kier molecular flexibility index (Phi) is 4.54. The lowest BCUT2D eigenvalue weighted by atomic mass is 9.99. The van der Waals surface area contributed by atoms with Crippen molar-refractivity contribution in [2.24, 2.45) is 5.92 Å². The molecule has 1 aromatic heterocycles. The summed E-state index contributed by atoms with van der Waals surface area (Å²) in [6, 6.07) is 4.56. The number of aryl methyl sites for hydroxylation is 2. The Labute approximate surface area is 129 Å². The number of benzene rings is 1. The lowest BCUT2D eigenvalue weighted by Gasteiger charge is -2.19. The zero-order chi connectivity index (χ0) is 16.4. The first-order chi connectivity index (χ1) is 10.3. The smallest absolute Gasteiger partial charge is 0.326 e. The van der Waals surface area contributed by atoms with Gasteiger partial charge in [0.15, 0.2) is 5.76 Å². The highest BCUT2D eigenvalue weighted by Crippen LogP contribution is 2.23. The van der Waals surface area contributed by atoms with Crippen LogP contribution in [-0.4, -0.2) is 23.0 Å². The van der Waals surface area contributed by atoms with Gasteiger partial charge in [0.1, 0.15) is 11.6 Å². The van der Waals surface area contributed by atoms with E-state index in [9.17, 15) is 14.7 Å². The van der Waals surface area contributed by atoms with Crippen molar-refractivity contribution in [1.82, 2.24) is 5.32 Å². The third kappa shape index (κ3) is 3.13. The number of nitrogens with one attached hydrogen (secondary N) is 1. The molecule has 1 heterocycles. The standard InChI is InChI=1S/C17H21NO4/c1-5-9(2)15(17(20)21)18-16(19)14-8-12-6-10(3)11(4)7-13(12)22-14/h6-9,15H,5H2,1-4H3,(H,18,19)(H,20,21)/t9-,15-/m0/s1. The van der Waals surface area contributed by atoms with E-state index < -0.39 is 17.9 Å². The largest absolute Gasteiger partial charge is 0.480 e. The van der Waals surface area contributed by atoms with Crippen molar-refractivity contribution >= 4 is 22.8 Å². The second-order valence-electron chi connectivity index (χ2n) is 5.76. The summed E-state index contributed by atoms with van der Waals surface area (Å²) in [6.07, 6.45) is 0.662. The minimum atomic E-state index is -1.04. The van der Waals surface area contributed by atoms with Crippen molar-refractivity contribution in [1.29, 1.82) is 0 Å². The Balaban J connectivity index is 2.27. The molecule has 0 aliphatic rings. The van der Waals surface area contributed by atoms with Gasteiger partial charge in [-0.1, -0.05) is 20.3 Å². The van der Waals surface area contributed by atoms with Gasteiger partial charge in [-0.25, -0.2) is 4.79 Å². The van der Waals surface area contributed by atoms with E-state index in [0.29, 0.717) is 12.0 Å². The van der Waals surface area contributed by atoms with Crippen LogP contribution in [0.25, 0.3) is 11.0 Å². The number of hydrogen-bond donors (Lipinski definition) is 2. The van der Waals surface area contributed by atoms with Gasteiger partial charge in [-0.2, -0.15) is 0 Å². The second-order valence-corrected chi connectivity index (χ2v) is 5.76. The molecule has 0 radical (unpaired) electrons. The number of furan rings is 1. The van der Waals surface area contributed by atoms with E-state index in [2.05, 4.69) is 5.32 Å². The Morgan fingerprint density at radius 3 is 2.45 bits per heavy atom. The van der Waals surface area contributed by atoms with Crippen LogP contribution in [0, 0.1) is 19.8 Å². The van der Waals surface area contributed by atoms with Gasteiger partial charge in [0.2, 0.25) is 0 Å². The quantitative estimate of drug-likeness (QED) is 0.888. The summed E-state index contributed by atoms with van der Waals surface area (Å²) in [6.45, 7) is 7.65. The number of hydrogen-bond acceptors (Lipinski definition) is 3. The third-order valence-electron chi connectivity index (χ3n) is 4.12. The van der Waals surface area contributed by atoms with E-state index in [4.69, 9.17) is 4.42 Å². The van der Waals surface area contributed by atoms with Crippen LogP contribution in [0.5, 0.6) is 0 Å². The molecule has 0 aliphatic carbocycles. The maximum absolute atomic E-state index is 12.3. The fraction of sp³-hybridized carbons (Fsp3) is 0.412. The minimum absolute atomic E-state index is 0.134. The molecule has 118 valence electrons. The van der Waals surface area contributed by atoms with Gasteiger partial charge in [-0.05, 0) is 49.1 Å². The zero-order valence-corrected chi connectivity index (χ0v) is 13.3. The van der Waals surface area contributed by atoms with Crippen LogP contribution in [0.2, 0.25) is 0 Å². The van der Waals surface area contributed by atoms with Crippen molar-refractivity contribution in [2.45, 2.75) is 40.2 Å².